The van der Waals surface area contributed by atoms with Crippen molar-refractivity contribution in [3.05, 3.63) is 28.8 Å². The molecular formula is C11H12O4. The van der Waals surface area contributed by atoms with Crippen LogP contribution in [0.25, 0.3) is 0 Å². The number of aliphatic carboxylic acids is 1. The fourth-order valence-corrected chi connectivity index (χ4v) is 1.87. The van der Waals surface area contributed by atoms with Gasteiger partial charge in [0.15, 0.2) is 0 Å². The first-order valence-electron chi connectivity index (χ1n) is 4.75. The number of hydrogen-bond donors (Lipinski definition) is 2. The van der Waals surface area contributed by atoms with Crippen molar-refractivity contribution < 1.29 is 19.7 Å². The number of phenolic OH excluding ortho intramolecular Hbond substituents is 1. The molecule has 2 N–H and O–H groups in total. The fraction of sp³-hybridized carbons (Fsp3) is 0.364. The zero-order valence-electron chi connectivity index (χ0n) is 8.36. The smallest absolute Gasteiger partial charge is 0.310 e. The first kappa shape index (κ1) is 9.98. The summed E-state index contributed by atoms with van der Waals surface area (Å²) >= 11 is 0. The molecule has 0 amide bonds. The quantitative estimate of drug-likeness (QED) is 0.774. The van der Waals surface area contributed by atoms with Crippen LogP contribution in [0.3, 0.4) is 0 Å². The van der Waals surface area contributed by atoms with E-state index in [2.05, 4.69) is 0 Å². The third kappa shape index (κ3) is 1.57. The number of rotatable bonds is 2. The lowest BCUT2D eigenvalue weighted by molar-refractivity contribution is -0.138. The van der Waals surface area contributed by atoms with Crippen molar-refractivity contribution in [3.63, 3.8) is 0 Å². The zero-order chi connectivity index (χ0) is 11.0. The van der Waals surface area contributed by atoms with Gasteiger partial charge in [-0.2, -0.15) is 0 Å². The minimum Gasteiger partial charge on any atom is -0.508 e. The molecule has 1 aromatic rings. The van der Waals surface area contributed by atoms with E-state index in [9.17, 15) is 9.90 Å². The molecule has 1 aliphatic rings. The van der Waals surface area contributed by atoms with Gasteiger partial charge in [0.25, 0.3) is 0 Å². The number of carbonyl (C=O) groups is 1. The van der Waals surface area contributed by atoms with Crippen LogP contribution in [-0.2, 0) is 22.7 Å². The molecule has 15 heavy (non-hydrogen) atoms. The molecule has 0 bridgehead atoms. The Morgan fingerprint density at radius 1 is 1.47 bits per heavy atom. The number of benzene rings is 1. The van der Waals surface area contributed by atoms with E-state index in [1.807, 2.05) is 0 Å². The molecule has 0 aromatic heterocycles. The van der Waals surface area contributed by atoms with Gasteiger partial charge in [-0.25, -0.2) is 0 Å². The van der Waals surface area contributed by atoms with Crippen LogP contribution in [0, 0.1) is 0 Å². The highest BCUT2D eigenvalue weighted by atomic mass is 16.5. The average molecular weight is 208 g/mol. The van der Waals surface area contributed by atoms with Gasteiger partial charge >= 0.3 is 5.97 Å². The number of carboxylic acids is 1. The predicted molar refractivity (Wildman–Crippen MR) is 52.7 cm³/mol. The monoisotopic (exact) mass is 208 g/mol. The van der Waals surface area contributed by atoms with Crippen LogP contribution in [0.4, 0.5) is 0 Å². The van der Waals surface area contributed by atoms with Crippen molar-refractivity contribution >= 4 is 5.97 Å². The van der Waals surface area contributed by atoms with Gasteiger partial charge in [-0.15, -0.1) is 0 Å². The van der Waals surface area contributed by atoms with Gasteiger partial charge in [0.2, 0.25) is 0 Å². The highest BCUT2D eigenvalue weighted by Gasteiger charge is 2.25. The number of fused-ring (bicyclic) bond motifs is 1. The highest BCUT2D eigenvalue weighted by molar-refractivity contribution is 5.77. The molecule has 4 heteroatoms. The standard InChI is InChI=1S/C11H12O4/c1-6(11(13)14)10-8-5-15-4-7(8)2-3-9(10)12/h2-3,6,12H,4-5H2,1H3,(H,13,14). The summed E-state index contributed by atoms with van der Waals surface area (Å²) in [6.07, 6.45) is 0. The summed E-state index contributed by atoms with van der Waals surface area (Å²) in [6.45, 7) is 2.45. The zero-order valence-corrected chi connectivity index (χ0v) is 8.36. The first-order chi connectivity index (χ1) is 7.11. The Balaban J connectivity index is 2.54. The van der Waals surface area contributed by atoms with E-state index in [0.717, 1.165) is 11.1 Å². The first-order valence-corrected chi connectivity index (χ1v) is 4.75. The van der Waals surface area contributed by atoms with Gasteiger partial charge in [-0.1, -0.05) is 6.07 Å². The van der Waals surface area contributed by atoms with Crippen molar-refractivity contribution in [2.24, 2.45) is 0 Å². The normalized spacial score (nSPS) is 16.1. The molecule has 80 valence electrons. The molecule has 0 saturated carbocycles. The van der Waals surface area contributed by atoms with Gasteiger partial charge in [-0.3, -0.25) is 4.79 Å². The Bertz CT molecular complexity index is 411. The van der Waals surface area contributed by atoms with Crippen molar-refractivity contribution in [2.75, 3.05) is 0 Å². The van der Waals surface area contributed by atoms with E-state index in [4.69, 9.17) is 9.84 Å². The van der Waals surface area contributed by atoms with Gasteiger partial charge < -0.3 is 14.9 Å². The number of aromatic hydroxyl groups is 1. The van der Waals surface area contributed by atoms with Crippen LogP contribution in [0.2, 0.25) is 0 Å². The second-order valence-corrected chi connectivity index (χ2v) is 3.69. The maximum atomic E-state index is 10.9. The lowest BCUT2D eigenvalue weighted by Crippen LogP contribution is -2.10. The van der Waals surface area contributed by atoms with Crippen LogP contribution in [0.1, 0.15) is 29.5 Å². The van der Waals surface area contributed by atoms with E-state index >= 15 is 0 Å². The predicted octanol–water partition coefficient (Wildman–Crippen LogP) is 1.61. The number of carboxylic acid groups (broad SMARTS) is 1. The van der Waals surface area contributed by atoms with Crippen LogP contribution in [-0.4, -0.2) is 16.2 Å². The Kier molecular flexibility index (Phi) is 2.36. The van der Waals surface area contributed by atoms with E-state index < -0.39 is 11.9 Å². The maximum absolute atomic E-state index is 10.9. The highest BCUT2D eigenvalue weighted by Crippen LogP contribution is 2.35. The van der Waals surface area contributed by atoms with E-state index in [0.29, 0.717) is 18.8 Å². The molecule has 0 aliphatic carbocycles. The molecule has 1 aliphatic heterocycles. The Morgan fingerprint density at radius 2 is 2.20 bits per heavy atom. The summed E-state index contributed by atoms with van der Waals surface area (Å²) in [5.41, 5.74) is 2.28. The van der Waals surface area contributed by atoms with Crippen molar-refractivity contribution in [3.8, 4) is 5.75 Å². The van der Waals surface area contributed by atoms with Crippen molar-refractivity contribution in [2.45, 2.75) is 26.1 Å². The second-order valence-electron chi connectivity index (χ2n) is 3.69. The number of phenols is 1. The second kappa shape index (κ2) is 3.55. The molecule has 2 rings (SSSR count). The number of hydrogen-bond acceptors (Lipinski definition) is 3. The van der Waals surface area contributed by atoms with Crippen LogP contribution in [0.15, 0.2) is 12.1 Å². The summed E-state index contributed by atoms with van der Waals surface area (Å²) in [5, 5.41) is 18.6. The van der Waals surface area contributed by atoms with E-state index in [1.165, 1.54) is 6.07 Å². The summed E-state index contributed by atoms with van der Waals surface area (Å²) in [6, 6.07) is 3.30. The molecule has 1 heterocycles. The van der Waals surface area contributed by atoms with Gasteiger partial charge in [0.05, 0.1) is 19.1 Å². The molecule has 0 radical (unpaired) electrons. The molecule has 4 nitrogen and oxygen atoms in total. The fourth-order valence-electron chi connectivity index (χ4n) is 1.87. The van der Waals surface area contributed by atoms with Gasteiger partial charge in [0.1, 0.15) is 5.75 Å². The minimum atomic E-state index is -0.939. The van der Waals surface area contributed by atoms with Crippen molar-refractivity contribution in [1.29, 1.82) is 0 Å². The Morgan fingerprint density at radius 3 is 2.87 bits per heavy atom. The molecule has 1 atom stereocenters. The average Bonchev–Trinajstić information content (AvgIpc) is 2.64. The molecule has 1 unspecified atom stereocenters. The van der Waals surface area contributed by atoms with Gasteiger partial charge in [0, 0.05) is 5.56 Å². The van der Waals surface area contributed by atoms with Gasteiger partial charge in [-0.05, 0) is 24.1 Å². The third-order valence-corrected chi connectivity index (χ3v) is 2.74. The summed E-state index contributed by atoms with van der Waals surface area (Å²) in [5.74, 6) is -1.61. The van der Waals surface area contributed by atoms with Crippen LogP contribution >= 0.6 is 0 Å². The molecule has 0 fully saturated rings. The van der Waals surface area contributed by atoms with E-state index in [1.54, 1.807) is 13.0 Å². The lowest BCUT2D eigenvalue weighted by Gasteiger charge is -2.13. The molecule has 0 spiro atoms. The summed E-state index contributed by atoms with van der Waals surface area (Å²) in [7, 11) is 0. The Hall–Kier alpha value is -1.55. The SMILES string of the molecule is CC(C(=O)O)c1c(O)ccc2c1COC2. The largest absolute Gasteiger partial charge is 0.508 e. The summed E-state index contributed by atoms with van der Waals surface area (Å²) in [4.78, 5) is 10.9. The van der Waals surface area contributed by atoms with E-state index in [-0.39, 0.29) is 5.75 Å². The molecule has 1 aromatic carbocycles. The Labute approximate surface area is 87.1 Å². The number of ether oxygens (including phenoxy) is 1. The molecular weight excluding hydrogens is 196 g/mol. The van der Waals surface area contributed by atoms with Crippen LogP contribution < -0.4 is 0 Å². The lowest BCUT2D eigenvalue weighted by atomic mass is 9.92. The minimum absolute atomic E-state index is 0.0363. The summed E-state index contributed by atoms with van der Waals surface area (Å²) < 4.78 is 5.24. The third-order valence-electron chi connectivity index (χ3n) is 2.74. The van der Waals surface area contributed by atoms with Crippen LogP contribution in [0.5, 0.6) is 5.75 Å². The van der Waals surface area contributed by atoms with Crippen molar-refractivity contribution in [1.82, 2.24) is 0 Å². The maximum Gasteiger partial charge on any atom is 0.310 e. The topological polar surface area (TPSA) is 66.8 Å². The molecule has 0 saturated heterocycles.